The number of nitrogens with one attached hydrogen (secondary N) is 1. The highest BCUT2D eigenvalue weighted by Gasteiger charge is 2.12. The van der Waals surface area contributed by atoms with Crippen molar-refractivity contribution in [1.29, 1.82) is 0 Å². The molecule has 0 radical (unpaired) electrons. The highest BCUT2D eigenvalue weighted by atomic mass is 32.1. The fourth-order valence-corrected chi connectivity index (χ4v) is 3.56. The van der Waals surface area contributed by atoms with Gasteiger partial charge in [-0.2, -0.15) is 0 Å². The lowest BCUT2D eigenvalue weighted by Crippen LogP contribution is -2.22. The highest BCUT2D eigenvalue weighted by Crippen LogP contribution is 2.27. The monoisotopic (exact) mass is 361 g/mol. The summed E-state index contributed by atoms with van der Waals surface area (Å²) in [6, 6.07) is 9.17. The minimum Gasteiger partial charge on any atom is -0.347 e. The van der Waals surface area contributed by atoms with Crippen LogP contribution in [-0.4, -0.2) is 25.8 Å². The van der Waals surface area contributed by atoms with E-state index in [9.17, 15) is 4.79 Å². The molecule has 0 aliphatic rings. The summed E-state index contributed by atoms with van der Waals surface area (Å²) in [7, 11) is 0. The number of hydrogen-bond donors (Lipinski definition) is 1. The first-order valence-electron chi connectivity index (χ1n) is 8.06. The molecule has 1 N–H and O–H groups in total. The molecule has 3 heterocycles. The van der Waals surface area contributed by atoms with Crippen molar-refractivity contribution >= 4 is 28.3 Å². The zero-order valence-electron chi connectivity index (χ0n) is 14.0. The van der Waals surface area contributed by atoms with Gasteiger partial charge in [-0.3, -0.25) is 19.7 Å². The van der Waals surface area contributed by atoms with Crippen LogP contribution in [0.3, 0.4) is 0 Å². The number of carbonyl (C=O) groups is 1. The summed E-state index contributed by atoms with van der Waals surface area (Å²) in [5.74, 6) is -0.145. The Bertz CT molecular complexity index is 1080. The second-order valence-electron chi connectivity index (χ2n) is 5.71. The van der Waals surface area contributed by atoms with Crippen LogP contribution in [0.25, 0.3) is 21.6 Å². The van der Waals surface area contributed by atoms with E-state index in [4.69, 9.17) is 0 Å². The Balaban J connectivity index is 1.49. The van der Waals surface area contributed by atoms with Gasteiger partial charge in [-0.25, -0.2) is 4.98 Å². The average Bonchev–Trinajstić information content (AvgIpc) is 3.07. The number of hydrogen-bond acceptors (Lipinski definition) is 6. The van der Waals surface area contributed by atoms with Crippen LogP contribution >= 0.6 is 11.3 Å². The Labute approximate surface area is 154 Å². The van der Waals surface area contributed by atoms with E-state index in [0.29, 0.717) is 17.6 Å². The molecule has 1 amide bonds. The van der Waals surface area contributed by atoms with Crippen molar-refractivity contribution in [2.24, 2.45) is 0 Å². The largest absolute Gasteiger partial charge is 0.347 e. The van der Waals surface area contributed by atoms with Crippen molar-refractivity contribution in [3.05, 3.63) is 71.3 Å². The molecule has 7 heteroatoms. The predicted molar refractivity (Wildman–Crippen MR) is 101 cm³/mol. The van der Waals surface area contributed by atoms with Crippen molar-refractivity contribution < 1.29 is 4.79 Å². The summed E-state index contributed by atoms with van der Waals surface area (Å²) in [6.07, 6.45) is 6.77. The maximum absolute atomic E-state index is 12.5. The number of fused-ring (bicyclic) bond motifs is 1. The van der Waals surface area contributed by atoms with Crippen molar-refractivity contribution in [3.63, 3.8) is 0 Å². The number of rotatable bonds is 4. The summed E-state index contributed by atoms with van der Waals surface area (Å²) in [6.45, 7) is 2.38. The quantitative estimate of drug-likeness (QED) is 0.603. The minimum atomic E-state index is -0.145. The number of aryl methyl sites for hydroxylation is 1. The summed E-state index contributed by atoms with van der Waals surface area (Å²) >= 11 is 1.56. The Morgan fingerprint density at radius 3 is 2.77 bits per heavy atom. The molecule has 1 aromatic carbocycles. The van der Waals surface area contributed by atoms with Gasteiger partial charge in [0.05, 0.1) is 23.3 Å². The van der Waals surface area contributed by atoms with Crippen LogP contribution in [0.1, 0.15) is 20.9 Å². The first-order valence-corrected chi connectivity index (χ1v) is 8.88. The van der Waals surface area contributed by atoms with E-state index in [0.717, 1.165) is 26.7 Å². The van der Waals surface area contributed by atoms with Gasteiger partial charge >= 0.3 is 0 Å². The van der Waals surface area contributed by atoms with Crippen LogP contribution in [-0.2, 0) is 6.54 Å². The lowest BCUT2D eigenvalue weighted by molar-refractivity contribution is 0.0951. The number of pyridine rings is 1. The maximum atomic E-state index is 12.5. The van der Waals surface area contributed by atoms with Crippen LogP contribution in [0.5, 0.6) is 0 Å². The second-order valence-corrected chi connectivity index (χ2v) is 6.80. The van der Waals surface area contributed by atoms with Crippen LogP contribution in [0, 0.1) is 6.92 Å². The molecule has 4 aromatic rings. The van der Waals surface area contributed by atoms with Crippen molar-refractivity contribution in [2.45, 2.75) is 13.5 Å². The van der Waals surface area contributed by atoms with Crippen molar-refractivity contribution in [1.82, 2.24) is 25.3 Å². The molecule has 0 saturated carbocycles. The first-order chi connectivity index (χ1) is 12.7. The number of benzene rings is 1. The molecule has 3 aromatic heterocycles. The third kappa shape index (κ3) is 3.29. The summed E-state index contributed by atoms with van der Waals surface area (Å²) in [4.78, 5) is 30.6. The Morgan fingerprint density at radius 2 is 1.96 bits per heavy atom. The molecule has 0 bridgehead atoms. The second kappa shape index (κ2) is 6.97. The van der Waals surface area contributed by atoms with E-state index in [1.165, 1.54) is 0 Å². The topological polar surface area (TPSA) is 80.7 Å². The van der Waals surface area contributed by atoms with E-state index in [2.05, 4.69) is 25.3 Å². The third-order valence-corrected chi connectivity index (χ3v) is 5.15. The standard InChI is InChI=1S/C19H15N5OS/c1-12-17(26-19(24-12)14-3-2-6-20-10-14)11-23-18(25)13-4-5-15-16(9-13)22-8-7-21-15/h2-10H,11H2,1H3,(H,23,25). The van der Waals surface area contributed by atoms with Crippen LogP contribution in [0.2, 0.25) is 0 Å². The fraction of sp³-hybridized carbons (Fsp3) is 0.105. The van der Waals surface area contributed by atoms with Gasteiger partial charge in [0, 0.05) is 40.8 Å². The number of carbonyl (C=O) groups excluding carboxylic acids is 1. The van der Waals surface area contributed by atoms with Gasteiger partial charge in [0.2, 0.25) is 0 Å². The molecular formula is C19H15N5OS. The zero-order chi connectivity index (χ0) is 17.9. The Kier molecular flexibility index (Phi) is 4.37. The lowest BCUT2D eigenvalue weighted by Gasteiger charge is -2.05. The van der Waals surface area contributed by atoms with Gasteiger partial charge in [-0.05, 0) is 37.3 Å². The van der Waals surface area contributed by atoms with Crippen molar-refractivity contribution in [2.75, 3.05) is 0 Å². The molecule has 128 valence electrons. The van der Waals surface area contributed by atoms with Crippen LogP contribution in [0.15, 0.2) is 55.1 Å². The first kappa shape index (κ1) is 16.3. The fourth-order valence-electron chi connectivity index (χ4n) is 2.57. The number of nitrogens with zero attached hydrogens (tertiary/aromatic N) is 4. The smallest absolute Gasteiger partial charge is 0.251 e. The van der Waals surface area contributed by atoms with Crippen LogP contribution < -0.4 is 5.32 Å². The van der Waals surface area contributed by atoms with Gasteiger partial charge in [0.15, 0.2) is 0 Å². The van der Waals surface area contributed by atoms with Gasteiger partial charge in [0.1, 0.15) is 5.01 Å². The molecular weight excluding hydrogens is 346 g/mol. The number of thiazole rings is 1. The van der Waals surface area contributed by atoms with Gasteiger partial charge in [0.25, 0.3) is 5.91 Å². The molecule has 6 nitrogen and oxygen atoms in total. The summed E-state index contributed by atoms with van der Waals surface area (Å²) in [5, 5.41) is 3.86. The highest BCUT2D eigenvalue weighted by molar-refractivity contribution is 7.15. The number of aromatic nitrogens is 4. The molecule has 0 fully saturated rings. The Hall–Kier alpha value is -3.19. The molecule has 0 unspecified atom stereocenters. The third-order valence-electron chi connectivity index (χ3n) is 3.94. The molecule has 0 saturated heterocycles. The molecule has 26 heavy (non-hydrogen) atoms. The predicted octanol–water partition coefficient (Wildman–Crippen LogP) is 3.39. The lowest BCUT2D eigenvalue weighted by atomic mass is 10.2. The van der Waals surface area contributed by atoms with E-state index in [1.807, 2.05) is 19.1 Å². The van der Waals surface area contributed by atoms with Crippen molar-refractivity contribution in [3.8, 4) is 10.6 Å². The maximum Gasteiger partial charge on any atom is 0.251 e. The van der Waals surface area contributed by atoms with Gasteiger partial charge in [-0.1, -0.05) is 0 Å². The number of amides is 1. The van der Waals surface area contributed by atoms with E-state index in [1.54, 1.807) is 54.3 Å². The SMILES string of the molecule is Cc1nc(-c2cccnc2)sc1CNC(=O)c1ccc2nccnc2c1. The zero-order valence-corrected chi connectivity index (χ0v) is 14.8. The average molecular weight is 361 g/mol. The molecule has 0 spiro atoms. The molecule has 0 atom stereocenters. The minimum absolute atomic E-state index is 0.145. The molecule has 0 aliphatic carbocycles. The van der Waals surface area contributed by atoms with Gasteiger partial charge in [-0.15, -0.1) is 11.3 Å². The Morgan fingerprint density at radius 1 is 1.12 bits per heavy atom. The normalized spacial score (nSPS) is 10.8. The summed E-state index contributed by atoms with van der Waals surface area (Å²) in [5.41, 5.74) is 3.92. The van der Waals surface area contributed by atoms with E-state index < -0.39 is 0 Å². The summed E-state index contributed by atoms with van der Waals surface area (Å²) < 4.78 is 0. The van der Waals surface area contributed by atoms with Crippen LogP contribution in [0.4, 0.5) is 0 Å². The van der Waals surface area contributed by atoms with Gasteiger partial charge < -0.3 is 5.32 Å². The molecule has 4 rings (SSSR count). The van der Waals surface area contributed by atoms with E-state index >= 15 is 0 Å². The van der Waals surface area contributed by atoms with E-state index in [-0.39, 0.29) is 5.91 Å². The molecule has 0 aliphatic heterocycles.